The van der Waals surface area contributed by atoms with Crippen LogP contribution in [0, 0.1) is 19.3 Å². The second kappa shape index (κ2) is 3.76. The molecule has 2 unspecified atom stereocenters. The number of aromatic nitrogens is 1. The molecule has 3 aliphatic rings. The fourth-order valence-electron chi connectivity index (χ4n) is 4.72. The van der Waals surface area contributed by atoms with E-state index in [0.717, 1.165) is 17.9 Å². The molecule has 3 nitrogen and oxygen atoms in total. The normalized spacial score (nSPS) is 41.8. The zero-order chi connectivity index (χ0) is 14.1. The lowest BCUT2D eigenvalue weighted by Crippen LogP contribution is -2.60. The summed E-state index contributed by atoms with van der Waals surface area (Å²) in [6.07, 6.45) is 2.39. The highest BCUT2D eigenvalue weighted by Gasteiger charge is 2.62. The fourth-order valence-corrected chi connectivity index (χ4v) is 4.72. The van der Waals surface area contributed by atoms with Crippen LogP contribution in [-0.4, -0.2) is 35.1 Å². The molecule has 2 saturated heterocycles. The molecule has 206 valence electrons. The van der Waals surface area contributed by atoms with Crippen molar-refractivity contribution in [3.8, 4) is 5.75 Å². The van der Waals surface area contributed by atoms with E-state index in [4.69, 9.17) is 9.72 Å². The van der Waals surface area contributed by atoms with E-state index in [1.807, 2.05) is 0 Å². The maximum atomic E-state index is 6.56. The van der Waals surface area contributed by atoms with Crippen LogP contribution >= 0.6 is 0 Å². The summed E-state index contributed by atoms with van der Waals surface area (Å²) >= 11 is 0. The zero-order valence-corrected chi connectivity index (χ0v) is 13.0. The van der Waals surface area contributed by atoms with Crippen molar-refractivity contribution in [2.75, 3.05) is 19.6 Å². The van der Waals surface area contributed by atoms with Gasteiger partial charge in [-0.15, -0.1) is 0 Å². The number of fused-ring (bicyclic) bond motifs is 2. The Kier molecular flexibility index (Phi) is 2.37. The smallest absolute Gasteiger partial charge is 0.142 e. The molecule has 3 heteroatoms. The summed E-state index contributed by atoms with van der Waals surface area (Å²) in [5.41, 5.74) is 3.81. The Morgan fingerprint density at radius 1 is 1.35 bits per heavy atom. The van der Waals surface area contributed by atoms with E-state index in [-0.39, 0.29) is 80.9 Å². The van der Waals surface area contributed by atoms with Crippen molar-refractivity contribution in [1.82, 2.24) is 9.88 Å². The van der Waals surface area contributed by atoms with Crippen LogP contribution in [0.4, 0.5) is 0 Å². The number of piperidine rings is 1. The monoisotopic (exact) mass is 371 g/mol. The summed E-state index contributed by atoms with van der Waals surface area (Å²) in [7, 11) is 0. The highest BCUT2D eigenvalue weighted by molar-refractivity contribution is 5.42. The van der Waals surface area contributed by atoms with Crippen LogP contribution in [0.3, 0.4) is 0 Å². The maximum absolute atomic E-state index is 6.56. The third kappa shape index (κ3) is 1.37. The van der Waals surface area contributed by atoms with Crippen LogP contribution in [-0.2, 0) is 0 Å². The largest absolute Gasteiger partial charge is 0.485 e. The first-order chi connectivity index (χ1) is 9.45. The Bertz CT molecular complexity index is 645. The van der Waals surface area contributed by atoms with Gasteiger partial charge in [-0.05, 0) is 45.4 Å². The van der Waals surface area contributed by atoms with Gasteiger partial charge in [0, 0.05) is 106 Å². The molecule has 4 atom stereocenters. The standard InChI is InChI=1S/C17H24N2O.49H2/c1-11-9-14-15(18-13(11)3)12(2)17-6-8-19(10-17)7-5-16(17,4)20-14;;;;;;;;;;;;;;;;;;;;;;;;;;;;;;;;;;;;;;;;;;;;;;;;;/h9,12H,5-8,10H2,1-4H3;49*1H/t12?,16-,17-;;;;;;;;;;;;;;;;;;;;;;;;;;;;;;;;;;;;;;;;;;;;;;;;;/m0................................................./s1. The van der Waals surface area contributed by atoms with E-state index in [9.17, 15) is 0 Å². The molecule has 0 aliphatic carbocycles. The van der Waals surface area contributed by atoms with Crippen LogP contribution in [0.2, 0.25) is 0 Å². The number of aryl methyl sites for hydroxylation is 2. The molecule has 2 fully saturated rings. The zero-order valence-electron chi connectivity index (χ0n) is 13.0. The molecule has 0 amide bonds. The SMILES string of the molecule is Cc1cc2c(nc1C)C(C)[C@@]13CCN(CC[C@]1(C)O2)C3.[HH].[HH].[HH].[HH].[HH].[HH].[HH].[HH].[HH].[HH].[HH].[HH].[HH].[HH].[HH].[HH].[HH].[HH].[HH].[HH].[HH].[HH].[HH].[HH].[HH].[HH].[HH].[HH].[HH].[HH].[HH].[HH].[HH].[HH].[HH].[HH].[HH].[HH].[HH].[HH].[HH].[HH].[HH].[HH].[HH].[HH].[HH].[HH].[HH]. The maximum Gasteiger partial charge on any atom is 0.142 e. The van der Waals surface area contributed by atoms with Crippen molar-refractivity contribution in [1.29, 1.82) is 0 Å². The minimum absolute atomic E-state index is 0. The number of ether oxygens (including phenoxy) is 1. The van der Waals surface area contributed by atoms with Crippen molar-refractivity contribution in [2.24, 2.45) is 5.41 Å². The molecule has 0 aromatic carbocycles. The summed E-state index contributed by atoms with van der Waals surface area (Å²) in [6.45, 7) is 12.5. The van der Waals surface area contributed by atoms with Crippen molar-refractivity contribution in [3.63, 3.8) is 0 Å². The number of nitrogens with zero attached hydrogens (tertiary/aromatic N) is 2. The van der Waals surface area contributed by atoms with E-state index >= 15 is 0 Å². The Labute approximate surface area is 194 Å². The molecule has 0 N–H and O–H groups in total. The van der Waals surface area contributed by atoms with Crippen LogP contribution < -0.4 is 4.74 Å². The van der Waals surface area contributed by atoms with Gasteiger partial charge in [-0.25, -0.2) is 0 Å². The summed E-state index contributed by atoms with van der Waals surface area (Å²) in [4.78, 5) is 7.49. The predicted octanol–water partition coefficient (Wildman–Crippen LogP) is 15.1. The predicted molar refractivity (Wildman–Crippen MR) is 183 cm³/mol. The van der Waals surface area contributed by atoms with Gasteiger partial charge in [0.25, 0.3) is 0 Å². The lowest BCUT2D eigenvalue weighted by atomic mass is 9.59. The Hall–Kier alpha value is -1.09. The van der Waals surface area contributed by atoms with Crippen LogP contribution in [0.25, 0.3) is 0 Å². The lowest BCUT2D eigenvalue weighted by molar-refractivity contribution is -0.100. The molecule has 4 rings (SSSR count). The van der Waals surface area contributed by atoms with E-state index in [2.05, 4.69) is 38.7 Å². The van der Waals surface area contributed by atoms with Gasteiger partial charge >= 0.3 is 0 Å². The topological polar surface area (TPSA) is 25.4 Å². The van der Waals surface area contributed by atoms with E-state index < -0.39 is 0 Å². The van der Waals surface area contributed by atoms with E-state index in [0.29, 0.717) is 5.92 Å². The first kappa shape index (κ1) is 12.6. The molecule has 0 radical (unpaired) electrons. The van der Waals surface area contributed by atoms with Crippen molar-refractivity contribution >= 4 is 0 Å². The van der Waals surface area contributed by atoms with E-state index in [1.165, 1.54) is 37.3 Å². The van der Waals surface area contributed by atoms with Gasteiger partial charge in [0.15, 0.2) is 0 Å². The van der Waals surface area contributed by atoms with Gasteiger partial charge < -0.3 is 9.64 Å². The highest BCUT2D eigenvalue weighted by Crippen LogP contribution is 2.60. The quantitative estimate of drug-likeness (QED) is 0.453. The Morgan fingerprint density at radius 3 is 2.90 bits per heavy atom. The van der Waals surface area contributed by atoms with Gasteiger partial charge in [-0.2, -0.15) is 0 Å². The molecule has 0 saturated carbocycles. The first-order valence-electron chi connectivity index (χ1n) is 7.85. The molecule has 1 aromatic rings. The molecular formula is C17H122N2O. The molecule has 3 aliphatic heterocycles. The third-order valence-electron chi connectivity index (χ3n) is 6.37. The third-order valence-corrected chi connectivity index (χ3v) is 6.37. The Balaban J connectivity index is -0.00000000245. The highest BCUT2D eigenvalue weighted by atomic mass is 16.5. The molecule has 2 bridgehead atoms. The van der Waals surface area contributed by atoms with Gasteiger partial charge in [0.2, 0.25) is 0 Å². The van der Waals surface area contributed by atoms with Crippen LogP contribution in [0.5, 0.6) is 5.75 Å². The van der Waals surface area contributed by atoms with Crippen molar-refractivity contribution in [3.05, 3.63) is 23.0 Å². The summed E-state index contributed by atoms with van der Waals surface area (Å²) < 4.78 is 6.56. The molecule has 20 heavy (non-hydrogen) atoms. The fraction of sp³-hybridized carbons (Fsp3) is 0.706. The average molecular weight is 371 g/mol. The van der Waals surface area contributed by atoms with Crippen LogP contribution in [0.15, 0.2) is 6.07 Å². The molecule has 1 spiro atoms. The van der Waals surface area contributed by atoms with Gasteiger partial charge in [-0.3, -0.25) is 4.98 Å². The van der Waals surface area contributed by atoms with Crippen LogP contribution in [0.1, 0.15) is 119 Å². The average Bonchev–Trinajstić information content (AvgIpc) is 2.79. The summed E-state index contributed by atoms with van der Waals surface area (Å²) in [6, 6.07) is 2.20. The van der Waals surface area contributed by atoms with Gasteiger partial charge in [0.1, 0.15) is 11.4 Å². The second-order valence-electron chi connectivity index (χ2n) is 7.26. The minimum atomic E-state index is -0.0181. The molecular weight excluding hydrogens is 248 g/mol. The molecule has 1 aromatic heterocycles. The number of hydrogen-bond donors (Lipinski definition) is 0. The van der Waals surface area contributed by atoms with Crippen molar-refractivity contribution < 1.29 is 74.6 Å². The summed E-state index contributed by atoms with van der Waals surface area (Å²) in [5.74, 6) is 1.52. The van der Waals surface area contributed by atoms with Gasteiger partial charge in [0.05, 0.1) is 5.69 Å². The van der Waals surface area contributed by atoms with E-state index in [1.54, 1.807) is 0 Å². The van der Waals surface area contributed by atoms with Gasteiger partial charge in [-0.1, -0.05) is 6.92 Å². The number of hydrogen-bond acceptors (Lipinski definition) is 3. The lowest BCUT2D eigenvalue weighted by Gasteiger charge is -2.55. The first-order valence-corrected chi connectivity index (χ1v) is 7.85. The number of pyridine rings is 1. The Morgan fingerprint density at radius 2 is 2.10 bits per heavy atom. The van der Waals surface area contributed by atoms with Crippen molar-refractivity contribution in [2.45, 2.75) is 52.1 Å². The number of rotatable bonds is 0. The molecule has 4 heterocycles. The minimum Gasteiger partial charge on any atom is -0.485 e. The second-order valence-corrected chi connectivity index (χ2v) is 7.26. The summed E-state index contributed by atoms with van der Waals surface area (Å²) in [5, 5.41) is 0.